The number of aromatic nitrogens is 1. The highest BCUT2D eigenvalue weighted by atomic mass is 14.7. The van der Waals surface area contributed by atoms with Gasteiger partial charge in [-0.2, -0.15) is 0 Å². The maximum absolute atomic E-state index is 4.49. The summed E-state index contributed by atoms with van der Waals surface area (Å²) in [6.07, 6.45) is 6.42. The highest BCUT2D eigenvalue weighted by Gasteiger charge is 1.95. The smallest absolute Gasteiger partial charge is 0.0661 e. The van der Waals surface area contributed by atoms with Crippen LogP contribution in [0.3, 0.4) is 0 Å². The number of benzene rings is 1. The zero-order chi connectivity index (χ0) is 11.2. The minimum absolute atomic E-state index is 1.00. The first-order valence-corrected chi connectivity index (χ1v) is 5.42. The van der Waals surface area contributed by atoms with E-state index in [2.05, 4.69) is 23.0 Å². The molecular weight excluding hydrogens is 196 g/mol. The molecule has 16 heavy (non-hydrogen) atoms. The van der Waals surface area contributed by atoms with Crippen LogP contribution in [0.5, 0.6) is 0 Å². The largest absolute Gasteiger partial charge is 0.265 e. The van der Waals surface area contributed by atoms with Crippen molar-refractivity contribution in [1.82, 2.24) is 4.98 Å². The maximum atomic E-state index is 4.49. The Morgan fingerprint density at radius 1 is 1.12 bits per heavy atom. The Morgan fingerprint density at radius 2 is 1.88 bits per heavy atom. The standard InChI is InChI=1S/C14H14N2/c1-2-13-5-3-4-6-14(13)16-11-12-7-9-15-10-8-12/h3-11H,2H2,1H3. The fourth-order valence-electron chi connectivity index (χ4n) is 1.53. The third-order valence-corrected chi connectivity index (χ3v) is 2.43. The van der Waals surface area contributed by atoms with E-state index in [1.54, 1.807) is 12.4 Å². The van der Waals surface area contributed by atoms with Crippen LogP contribution < -0.4 is 0 Å². The maximum Gasteiger partial charge on any atom is 0.0661 e. The molecule has 2 aromatic rings. The number of nitrogens with zero attached hydrogens (tertiary/aromatic N) is 2. The molecule has 0 fully saturated rings. The summed E-state index contributed by atoms with van der Waals surface area (Å²) in [5.74, 6) is 0. The van der Waals surface area contributed by atoms with Crippen LogP contribution in [0.15, 0.2) is 53.8 Å². The third kappa shape index (κ3) is 2.54. The minimum atomic E-state index is 1.00. The molecule has 0 aliphatic rings. The molecule has 2 heteroatoms. The summed E-state index contributed by atoms with van der Waals surface area (Å²) >= 11 is 0. The Morgan fingerprint density at radius 3 is 2.62 bits per heavy atom. The van der Waals surface area contributed by atoms with Gasteiger partial charge in [0, 0.05) is 18.6 Å². The van der Waals surface area contributed by atoms with Crippen LogP contribution in [0.25, 0.3) is 0 Å². The van der Waals surface area contributed by atoms with Crippen LogP contribution in [-0.4, -0.2) is 11.2 Å². The van der Waals surface area contributed by atoms with Gasteiger partial charge in [0.2, 0.25) is 0 Å². The summed E-state index contributed by atoms with van der Waals surface area (Å²) < 4.78 is 0. The Balaban J connectivity index is 2.24. The third-order valence-electron chi connectivity index (χ3n) is 2.43. The van der Waals surface area contributed by atoms with E-state index < -0.39 is 0 Å². The summed E-state index contributed by atoms with van der Waals surface area (Å²) in [7, 11) is 0. The van der Waals surface area contributed by atoms with Gasteiger partial charge >= 0.3 is 0 Å². The van der Waals surface area contributed by atoms with Crippen molar-refractivity contribution < 1.29 is 0 Å². The second kappa shape index (κ2) is 5.21. The predicted octanol–water partition coefficient (Wildman–Crippen LogP) is 3.39. The molecule has 1 aromatic carbocycles. The Hall–Kier alpha value is -1.96. The van der Waals surface area contributed by atoms with Crippen LogP contribution in [0, 0.1) is 0 Å². The lowest BCUT2D eigenvalue weighted by Crippen LogP contribution is -1.83. The first-order chi connectivity index (χ1) is 7.90. The van der Waals surface area contributed by atoms with Crippen LogP contribution >= 0.6 is 0 Å². The van der Waals surface area contributed by atoms with E-state index in [9.17, 15) is 0 Å². The molecular formula is C14H14N2. The summed E-state index contributed by atoms with van der Waals surface area (Å²) in [6.45, 7) is 2.14. The van der Waals surface area contributed by atoms with Crippen molar-refractivity contribution in [3.05, 3.63) is 59.9 Å². The van der Waals surface area contributed by atoms with E-state index in [1.807, 2.05) is 36.5 Å². The highest BCUT2D eigenvalue weighted by Crippen LogP contribution is 2.18. The van der Waals surface area contributed by atoms with Gasteiger partial charge in [-0.3, -0.25) is 9.98 Å². The molecule has 2 rings (SSSR count). The van der Waals surface area contributed by atoms with Gasteiger partial charge in [0.15, 0.2) is 0 Å². The highest BCUT2D eigenvalue weighted by molar-refractivity contribution is 5.81. The quantitative estimate of drug-likeness (QED) is 0.713. The van der Waals surface area contributed by atoms with Gasteiger partial charge in [-0.05, 0) is 35.7 Å². The van der Waals surface area contributed by atoms with Gasteiger partial charge in [-0.1, -0.05) is 25.1 Å². The number of hydrogen-bond acceptors (Lipinski definition) is 2. The number of aryl methyl sites for hydroxylation is 1. The molecule has 0 aliphatic carbocycles. The molecule has 80 valence electrons. The zero-order valence-electron chi connectivity index (χ0n) is 9.30. The number of pyridine rings is 1. The molecule has 0 bridgehead atoms. The van der Waals surface area contributed by atoms with E-state index in [0.29, 0.717) is 0 Å². The van der Waals surface area contributed by atoms with Crippen molar-refractivity contribution in [3.8, 4) is 0 Å². The number of para-hydroxylation sites is 1. The van der Waals surface area contributed by atoms with Crippen molar-refractivity contribution >= 4 is 11.9 Å². The van der Waals surface area contributed by atoms with Gasteiger partial charge < -0.3 is 0 Å². The van der Waals surface area contributed by atoms with Gasteiger partial charge in [0.25, 0.3) is 0 Å². The van der Waals surface area contributed by atoms with Crippen LogP contribution in [0.1, 0.15) is 18.1 Å². The van der Waals surface area contributed by atoms with Gasteiger partial charge in [0.1, 0.15) is 0 Å². The molecule has 0 radical (unpaired) electrons. The van der Waals surface area contributed by atoms with E-state index in [1.165, 1.54) is 5.56 Å². The SMILES string of the molecule is CCc1ccccc1N=Cc1ccncc1. The average Bonchev–Trinajstić information content (AvgIpc) is 2.38. The van der Waals surface area contributed by atoms with Crippen molar-refractivity contribution in [2.24, 2.45) is 4.99 Å². The zero-order valence-corrected chi connectivity index (χ0v) is 9.30. The Kier molecular flexibility index (Phi) is 3.44. The average molecular weight is 210 g/mol. The van der Waals surface area contributed by atoms with Crippen LogP contribution in [-0.2, 0) is 6.42 Å². The van der Waals surface area contributed by atoms with E-state index >= 15 is 0 Å². The lowest BCUT2D eigenvalue weighted by Gasteiger charge is -2.01. The van der Waals surface area contributed by atoms with Crippen LogP contribution in [0.4, 0.5) is 5.69 Å². The normalized spacial score (nSPS) is 10.8. The van der Waals surface area contributed by atoms with E-state index in [0.717, 1.165) is 17.7 Å². The van der Waals surface area contributed by atoms with Crippen molar-refractivity contribution in [3.63, 3.8) is 0 Å². The molecule has 2 nitrogen and oxygen atoms in total. The first-order valence-electron chi connectivity index (χ1n) is 5.42. The lowest BCUT2D eigenvalue weighted by molar-refractivity contribution is 1.13. The van der Waals surface area contributed by atoms with Gasteiger partial charge in [0.05, 0.1) is 5.69 Å². The number of hydrogen-bond donors (Lipinski definition) is 0. The summed E-state index contributed by atoms with van der Waals surface area (Å²) in [6, 6.07) is 12.1. The Bertz CT molecular complexity index is 475. The molecule has 0 aliphatic heterocycles. The van der Waals surface area contributed by atoms with E-state index in [-0.39, 0.29) is 0 Å². The van der Waals surface area contributed by atoms with Crippen molar-refractivity contribution in [2.75, 3.05) is 0 Å². The van der Waals surface area contributed by atoms with Crippen molar-refractivity contribution in [1.29, 1.82) is 0 Å². The molecule has 0 saturated heterocycles. The topological polar surface area (TPSA) is 25.2 Å². The molecule has 0 N–H and O–H groups in total. The van der Waals surface area contributed by atoms with Gasteiger partial charge in [-0.15, -0.1) is 0 Å². The van der Waals surface area contributed by atoms with Gasteiger partial charge in [-0.25, -0.2) is 0 Å². The summed E-state index contributed by atoms with van der Waals surface area (Å²) in [4.78, 5) is 8.47. The Labute approximate surface area is 95.7 Å². The molecule has 1 aromatic heterocycles. The molecule has 0 spiro atoms. The fraction of sp³-hybridized carbons (Fsp3) is 0.143. The second-order valence-corrected chi connectivity index (χ2v) is 3.52. The number of rotatable bonds is 3. The summed E-state index contributed by atoms with van der Waals surface area (Å²) in [5, 5.41) is 0. The molecule has 0 amide bonds. The fourth-order valence-corrected chi connectivity index (χ4v) is 1.53. The molecule has 1 heterocycles. The molecule has 0 unspecified atom stereocenters. The monoisotopic (exact) mass is 210 g/mol. The lowest BCUT2D eigenvalue weighted by atomic mass is 10.1. The molecule has 0 atom stereocenters. The number of aliphatic imine (C=N–C) groups is 1. The van der Waals surface area contributed by atoms with E-state index in [4.69, 9.17) is 0 Å². The first kappa shape index (κ1) is 10.6. The summed E-state index contributed by atoms with van der Waals surface area (Å²) in [5.41, 5.74) is 3.38. The van der Waals surface area contributed by atoms with Crippen LogP contribution in [0.2, 0.25) is 0 Å². The minimum Gasteiger partial charge on any atom is -0.265 e. The van der Waals surface area contributed by atoms with Crippen molar-refractivity contribution in [2.45, 2.75) is 13.3 Å². The predicted molar refractivity (Wildman–Crippen MR) is 67.3 cm³/mol. The molecule has 0 saturated carbocycles. The second-order valence-electron chi connectivity index (χ2n) is 3.52.